The van der Waals surface area contributed by atoms with Crippen LogP contribution in [0.5, 0.6) is 0 Å². The zero-order valence-corrected chi connectivity index (χ0v) is 14.9. The van der Waals surface area contributed by atoms with Crippen molar-refractivity contribution in [3.8, 4) is 11.8 Å². The van der Waals surface area contributed by atoms with Crippen LogP contribution in [0, 0.1) is 11.8 Å². The van der Waals surface area contributed by atoms with Gasteiger partial charge in [-0.2, -0.15) is 0 Å². The van der Waals surface area contributed by atoms with Crippen molar-refractivity contribution in [1.29, 1.82) is 0 Å². The Morgan fingerprint density at radius 3 is 2.39 bits per heavy atom. The second-order valence-corrected chi connectivity index (χ2v) is 6.51. The zero-order valence-electron chi connectivity index (χ0n) is 14.9. The van der Waals surface area contributed by atoms with Gasteiger partial charge in [0.15, 0.2) is 5.76 Å². The lowest BCUT2D eigenvalue weighted by molar-refractivity contribution is -0.262. The largest absolute Gasteiger partial charge is 0.489 e. The summed E-state index contributed by atoms with van der Waals surface area (Å²) in [6.07, 6.45) is 5.68. The normalized spacial score (nSPS) is 25.5. The monoisotopic (exact) mass is 322 g/mol. The van der Waals surface area contributed by atoms with Crippen LogP contribution in [0.4, 0.5) is 0 Å². The van der Waals surface area contributed by atoms with Crippen molar-refractivity contribution in [2.45, 2.75) is 83.7 Å². The number of ether oxygens (including phenoxy) is 3. The molecule has 130 valence electrons. The minimum Gasteiger partial charge on any atom is -0.489 e. The molecule has 0 amide bonds. The third-order valence-corrected chi connectivity index (χ3v) is 4.24. The average molecular weight is 322 g/mol. The second-order valence-electron chi connectivity index (χ2n) is 6.51. The summed E-state index contributed by atoms with van der Waals surface area (Å²) in [5.74, 6) is 5.58. The summed E-state index contributed by atoms with van der Waals surface area (Å²) in [4.78, 5) is 0. The topological polar surface area (TPSA) is 47.9 Å². The fourth-order valence-corrected chi connectivity index (χ4v) is 3.06. The summed E-state index contributed by atoms with van der Waals surface area (Å²) >= 11 is 0. The van der Waals surface area contributed by atoms with Crippen LogP contribution >= 0.6 is 0 Å². The molecule has 0 aromatic carbocycles. The predicted octanol–water partition coefficient (Wildman–Crippen LogP) is 3.54. The third-order valence-electron chi connectivity index (χ3n) is 4.24. The van der Waals surface area contributed by atoms with Gasteiger partial charge in [-0.15, -0.1) is 0 Å². The Labute approximate surface area is 140 Å². The Morgan fingerprint density at radius 1 is 1.17 bits per heavy atom. The standard InChI is InChI=1S/C19H30O4/c1-5-7-9-10-12-18(20)16(11-8-6-2)17(23-15(3)4)19(18)21-13-14-22-19/h15,20H,5-9,11,13-14H2,1-4H3. The molecule has 1 aliphatic carbocycles. The van der Waals surface area contributed by atoms with E-state index in [9.17, 15) is 5.11 Å². The first-order valence-electron chi connectivity index (χ1n) is 8.93. The lowest BCUT2D eigenvalue weighted by Gasteiger charge is -2.51. The Kier molecular flexibility index (Phi) is 6.13. The van der Waals surface area contributed by atoms with Crippen molar-refractivity contribution in [2.75, 3.05) is 13.2 Å². The molecular weight excluding hydrogens is 292 g/mol. The molecule has 1 atom stereocenters. The number of aliphatic hydroxyl groups is 1. The van der Waals surface area contributed by atoms with Crippen LogP contribution in [0.3, 0.4) is 0 Å². The van der Waals surface area contributed by atoms with Crippen LogP contribution in [0.25, 0.3) is 0 Å². The van der Waals surface area contributed by atoms with Crippen molar-refractivity contribution in [3.63, 3.8) is 0 Å². The van der Waals surface area contributed by atoms with Gasteiger partial charge in [0.25, 0.3) is 5.79 Å². The molecule has 0 bridgehead atoms. The fourth-order valence-electron chi connectivity index (χ4n) is 3.06. The van der Waals surface area contributed by atoms with E-state index in [1.807, 2.05) is 13.8 Å². The first-order valence-corrected chi connectivity index (χ1v) is 8.93. The van der Waals surface area contributed by atoms with E-state index in [0.717, 1.165) is 44.1 Å². The lowest BCUT2D eigenvalue weighted by atomic mass is 9.70. The quantitative estimate of drug-likeness (QED) is 0.575. The molecule has 2 aliphatic rings. The molecule has 2 rings (SSSR count). The minimum absolute atomic E-state index is 0.00361. The van der Waals surface area contributed by atoms with E-state index >= 15 is 0 Å². The van der Waals surface area contributed by atoms with Gasteiger partial charge in [-0.05, 0) is 33.1 Å². The molecule has 0 saturated carbocycles. The number of rotatable bonds is 7. The highest BCUT2D eigenvalue weighted by atomic mass is 16.8. The molecular formula is C19H30O4. The molecule has 1 unspecified atom stereocenters. The van der Waals surface area contributed by atoms with Crippen LogP contribution in [0.2, 0.25) is 0 Å². The van der Waals surface area contributed by atoms with Crippen LogP contribution in [0.15, 0.2) is 11.3 Å². The molecule has 1 saturated heterocycles. The maximum Gasteiger partial charge on any atom is 0.274 e. The highest BCUT2D eigenvalue weighted by Crippen LogP contribution is 2.55. The van der Waals surface area contributed by atoms with E-state index in [1.54, 1.807) is 0 Å². The van der Waals surface area contributed by atoms with E-state index in [4.69, 9.17) is 14.2 Å². The van der Waals surface area contributed by atoms with E-state index < -0.39 is 11.4 Å². The summed E-state index contributed by atoms with van der Waals surface area (Å²) < 4.78 is 17.6. The van der Waals surface area contributed by atoms with Gasteiger partial charge in [0.2, 0.25) is 5.60 Å². The van der Waals surface area contributed by atoms with Crippen LogP contribution in [-0.4, -0.2) is 35.8 Å². The Hall–Kier alpha value is -1.02. The average Bonchev–Trinajstić information content (AvgIpc) is 3.03. The number of unbranched alkanes of at least 4 members (excludes halogenated alkanes) is 3. The maximum atomic E-state index is 11.3. The number of hydrogen-bond acceptors (Lipinski definition) is 4. The van der Waals surface area contributed by atoms with Gasteiger partial charge >= 0.3 is 0 Å². The summed E-state index contributed by atoms with van der Waals surface area (Å²) in [5.41, 5.74) is -0.546. The van der Waals surface area contributed by atoms with Gasteiger partial charge in [-0.25, -0.2) is 0 Å². The molecule has 1 aliphatic heterocycles. The van der Waals surface area contributed by atoms with Crippen molar-refractivity contribution < 1.29 is 19.3 Å². The Bertz CT molecular complexity index is 491. The van der Waals surface area contributed by atoms with E-state index in [1.165, 1.54) is 0 Å². The first-order chi connectivity index (χ1) is 11.0. The van der Waals surface area contributed by atoms with Crippen molar-refractivity contribution in [1.82, 2.24) is 0 Å². The second kappa shape index (κ2) is 7.70. The zero-order chi connectivity index (χ0) is 16.9. The summed E-state index contributed by atoms with van der Waals surface area (Å²) in [6.45, 7) is 9.10. The van der Waals surface area contributed by atoms with Crippen LogP contribution < -0.4 is 0 Å². The molecule has 23 heavy (non-hydrogen) atoms. The van der Waals surface area contributed by atoms with E-state index in [-0.39, 0.29) is 6.10 Å². The van der Waals surface area contributed by atoms with E-state index in [0.29, 0.717) is 19.0 Å². The minimum atomic E-state index is -1.38. The molecule has 4 heteroatoms. The molecule has 0 radical (unpaired) electrons. The Balaban J connectivity index is 2.34. The lowest BCUT2D eigenvalue weighted by Crippen LogP contribution is -2.66. The molecule has 1 heterocycles. The van der Waals surface area contributed by atoms with Crippen molar-refractivity contribution >= 4 is 0 Å². The number of hydrogen-bond donors (Lipinski definition) is 1. The van der Waals surface area contributed by atoms with Gasteiger partial charge in [0, 0.05) is 12.0 Å². The molecule has 0 aromatic rings. The fraction of sp³-hybridized carbons (Fsp3) is 0.789. The maximum absolute atomic E-state index is 11.3. The third kappa shape index (κ3) is 3.28. The van der Waals surface area contributed by atoms with Gasteiger partial charge in [0.1, 0.15) is 0 Å². The smallest absolute Gasteiger partial charge is 0.274 e. The Morgan fingerprint density at radius 2 is 1.83 bits per heavy atom. The predicted molar refractivity (Wildman–Crippen MR) is 89.7 cm³/mol. The van der Waals surface area contributed by atoms with Gasteiger partial charge in [0.05, 0.1) is 19.3 Å². The summed E-state index contributed by atoms with van der Waals surface area (Å²) in [6, 6.07) is 0. The first kappa shape index (κ1) is 18.3. The molecule has 1 spiro atoms. The highest BCUT2D eigenvalue weighted by Gasteiger charge is 2.70. The SMILES string of the molecule is CCCCC#CC1(O)C(CCCC)=C(OC(C)C)C12OCCO2. The van der Waals surface area contributed by atoms with E-state index in [2.05, 4.69) is 25.7 Å². The molecule has 4 nitrogen and oxygen atoms in total. The van der Waals surface area contributed by atoms with Gasteiger partial charge in [-0.3, -0.25) is 0 Å². The molecule has 1 N–H and O–H groups in total. The van der Waals surface area contributed by atoms with Crippen molar-refractivity contribution in [2.24, 2.45) is 0 Å². The molecule has 0 aromatic heterocycles. The summed E-state index contributed by atoms with van der Waals surface area (Å²) in [7, 11) is 0. The van der Waals surface area contributed by atoms with Crippen LogP contribution in [-0.2, 0) is 14.2 Å². The van der Waals surface area contributed by atoms with Crippen molar-refractivity contribution in [3.05, 3.63) is 11.3 Å². The van der Waals surface area contributed by atoms with Gasteiger partial charge in [-0.1, -0.05) is 38.5 Å². The highest BCUT2D eigenvalue weighted by molar-refractivity contribution is 5.52. The van der Waals surface area contributed by atoms with Gasteiger partial charge < -0.3 is 19.3 Å². The summed E-state index contributed by atoms with van der Waals surface area (Å²) in [5, 5.41) is 11.3. The molecule has 1 fully saturated rings. The van der Waals surface area contributed by atoms with Crippen LogP contribution in [0.1, 0.15) is 66.2 Å².